The number of fused-ring (bicyclic) bond motifs is 1. The van der Waals surface area contributed by atoms with Crippen molar-refractivity contribution < 1.29 is 9.53 Å². The molecule has 1 N–H and O–H groups in total. The molecule has 0 saturated heterocycles. The number of nitriles is 1. The summed E-state index contributed by atoms with van der Waals surface area (Å²) in [6.45, 7) is 1.69. The number of ether oxygens (including phenoxy) is 1. The maximum absolute atomic E-state index is 12.3. The van der Waals surface area contributed by atoms with Gasteiger partial charge in [0.25, 0.3) is 5.91 Å². The van der Waals surface area contributed by atoms with E-state index in [1.807, 2.05) is 48.5 Å². The monoisotopic (exact) mass is 316 g/mol. The molecule has 0 bridgehead atoms. The first kappa shape index (κ1) is 15.6. The van der Waals surface area contributed by atoms with Crippen LogP contribution in [-0.4, -0.2) is 12.0 Å². The maximum Gasteiger partial charge on any atom is 0.265 e. The predicted molar refractivity (Wildman–Crippen MR) is 93.8 cm³/mol. The van der Waals surface area contributed by atoms with E-state index >= 15 is 0 Å². The second-order valence-electron chi connectivity index (χ2n) is 5.45. The van der Waals surface area contributed by atoms with E-state index in [1.165, 1.54) is 0 Å². The number of nitrogens with zero attached hydrogens (tertiary/aromatic N) is 1. The molecule has 0 aliphatic carbocycles. The van der Waals surface area contributed by atoms with Gasteiger partial charge in [0.05, 0.1) is 11.6 Å². The Balaban J connectivity index is 1.69. The Labute approximate surface area is 140 Å². The van der Waals surface area contributed by atoms with Crippen LogP contribution in [0.4, 0.5) is 5.69 Å². The first-order chi connectivity index (χ1) is 11.7. The molecule has 3 aromatic rings. The van der Waals surface area contributed by atoms with Crippen LogP contribution in [0, 0.1) is 11.3 Å². The summed E-state index contributed by atoms with van der Waals surface area (Å²) in [5.74, 6) is 0.375. The summed E-state index contributed by atoms with van der Waals surface area (Å²) in [6.07, 6.45) is -0.656. The molecule has 4 heteroatoms. The van der Waals surface area contributed by atoms with Crippen molar-refractivity contribution in [3.8, 4) is 11.8 Å². The van der Waals surface area contributed by atoms with E-state index in [1.54, 1.807) is 31.2 Å². The Morgan fingerprint density at radius 2 is 1.83 bits per heavy atom. The predicted octanol–water partition coefficient (Wildman–Crippen LogP) is 4.12. The number of hydrogen-bond acceptors (Lipinski definition) is 3. The fourth-order valence-corrected chi connectivity index (χ4v) is 2.41. The highest BCUT2D eigenvalue weighted by Gasteiger charge is 2.15. The summed E-state index contributed by atoms with van der Waals surface area (Å²) in [7, 11) is 0. The highest BCUT2D eigenvalue weighted by atomic mass is 16.5. The minimum atomic E-state index is -0.656. The Hall–Kier alpha value is -3.32. The van der Waals surface area contributed by atoms with E-state index in [0.717, 1.165) is 10.8 Å². The van der Waals surface area contributed by atoms with Crippen molar-refractivity contribution in [2.24, 2.45) is 0 Å². The second-order valence-corrected chi connectivity index (χ2v) is 5.45. The molecule has 3 aromatic carbocycles. The smallest absolute Gasteiger partial charge is 0.265 e. The van der Waals surface area contributed by atoms with E-state index in [-0.39, 0.29) is 5.91 Å². The highest BCUT2D eigenvalue weighted by molar-refractivity contribution is 5.94. The van der Waals surface area contributed by atoms with Gasteiger partial charge in [-0.05, 0) is 48.0 Å². The van der Waals surface area contributed by atoms with Crippen LogP contribution < -0.4 is 10.1 Å². The third kappa shape index (κ3) is 3.53. The van der Waals surface area contributed by atoms with Gasteiger partial charge in [-0.2, -0.15) is 5.26 Å². The molecule has 1 atom stereocenters. The Bertz CT molecular complexity index is 928. The molecule has 4 nitrogen and oxygen atoms in total. The fourth-order valence-electron chi connectivity index (χ4n) is 2.41. The van der Waals surface area contributed by atoms with Crippen LogP contribution in [0.25, 0.3) is 10.8 Å². The molecular formula is C20H16N2O2. The normalized spacial score (nSPS) is 11.5. The third-order valence-electron chi connectivity index (χ3n) is 3.66. The lowest BCUT2D eigenvalue weighted by molar-refractivity contribution is -0.122. The van der Waals surface area contributed by atoms with Crippen molar-refractivity contribution in [1.29, 1.82) is 5.26 Å². The number of hydrogen-bond donors (Lipinski definition) is 1. The summed E-state index contributed by atoms with van der Waals surface area (Å²) in [5.41, 5.74) is 1.07. The van der Waals surface area contributed by atoms with Gasteiger partial charge in [-0.25, -0.2) is 0 Å². The quantitative estimate of drug-likeness (QED) is 0.787. The Kier molecular flexibility index (Phi) is 4.44. The summed E-state index contributed by atoms with van der Waals surface area (Å²) < 4.78 is 5.74. The lowest BCUT2D eigenvalue weighted by Crippen LogP contribution is -2.30. The first-order valence-electron chi connectivity index (χ1n) is 7.62. The van der Waals surface area contributed by atoms with Gasteiger partial charge in [0.1, 0.15) is 5.75 Å². The van der Waals surface area contributed by atoms with Gasteiger partial charge in [0, 0.05) is 5.69 Å². The van der Waals surface area contributed by atoms with Crippen LogP contribution in [0.15, 0.2) is 66.7 Å². The molecule has 1 unspecified atom stereocenters. The van der Waals surface area contributed by atoms with E-state index in [2.05, 4.69) is 5.32 Å². The average molecular weight is 316 g/mol. The summed E-state index contributed by atoms with van der Waals surface area (Å²) in [4.78, 5) is 12.3. The maximum atomic E-state index is 12.3. The molecule has 0 saturated carbocycles. The molecule has 0 aliphatic rings. The minimum absolute atomic E-state index is 0.266. The topological polar surface area (TPSA) is 62.1 Å². The Morgan fingerprint density at radius 1 is 1.04 bits per heavy atom. The van der Waals surface area contributed by atoms with Crippen molar-refractivity contribution in [3.05, 3.63) is 72.3 Å². The third-order valence-corrected chi connectivity index (χ3v) is 3.66. The molecular weight excluding hydrogens is 300 g/mol. The van der Waals surface area contributed by atoms with E-state index in [9.17, 15) is 4.79 Å². The van der Waals surface area contributed by atoms with Gasteiger partial charge in [0.15, 0.2) is 6.10 Å². The number of nitrogens with one attached hydrogen (secondary N) is 1. The molecule has 1 amide bonds. The molecule has 0 spiro atoms. The fraction of sp³-hybridized carbons (Fsp3) is 0.100. The van der Waals surface area contributed by atoms with Crippen LogP contribution >= 0.6 is 0 Å². The summed E-state index contributed by atoms with van der Waals surface area (Å²) in [5, 5.41) is 13.8. The molecule has 118 valence electrons. The van der Waals surface area contributed by atoms with Crippen LogP contribution in [0.3, 0.4) is 0 Å². The average Bonchev–Trinajstić information content (AvgIpc) is 2.61. The zero-order valence-corrected chi connectivity index (χ0v) is 13.2. The van der Waals surface area contributed by atoms with E-state index < -0.39 is 6.10 Å². The number of rotatable bonds is 4. The SMILES string of the molecule is CC(Oc1ccc2ccccc2c1)C(=O)Nc1cccc(C#N)c1. The number of carbonyl (C=O) groups excluding carboxylic acids is 1. The van der Waals surface area contributed by atoms with Crippen LogP contribution in [0.1, 0.15) is 12.5 Å². The van der Waals surface area contributed by atoms with Crippen molar-refractivity contribution in [1.82, 2.24) is 0 Å². The van der Waals surface area contributed by atoms with Crippen molar-refractivity contribution in [2.75, 3.05) is 5.32 Å². The molecule has 0 aliphatic heterocycles. The van der Waals surface area contributed by atoms with Crippen molar-refractivity contribution >= 4 is 22.4 Å². The number of benzene rings is 3. The zero-order valence-electron chi connectivity index (χ0n) is 13.2. The van der Waals surface area contributed by atoms with Gasteiger partial charge >= 0.3 is 0 Å². The van der Waals surface area contributed by atoms with E-state index in [0.29, 0.717) is 17.0 Å². The van der Waals surface area contributed by atoms with Crippen LogP contribution in [-0.2, 0) is 4.79 Å². The second kappa shape index (κ2) is 6.84. The van der Waals surface area contributed by atoms with Gasteiger partial charge in [0.2, 0.25) is 0 Å². The molecule has 0 aromatic heterocycles. The standard InChI is InChI=1S/C20H16N2O2/c1-14(20(23)22-18-8-4-5-15(11-18)13-21)24-19-10-9-16-6-2-3-7-17(16)12-19/h2-12,14H,1H3,(H,22,23). The number of amides is 1. The van der Waals surface area contributed by atoms with Gasteiger partial charge in [-0.15, -0.1) is 0 Å². The number of anilines is 1. The minimum Gasteiger partial charge on any atom is -0.481 e. The van der Waals surface area contributed by atoms with Gasteiger partial charge in [-0.3, -0.25) is 4.79 Å². The molecule has 0 fully saturated rings. The largest absolute Gasteiger partial charge is 0.481 e. The molecule has 24 heavy (non-hydrogen) atoms. The lowest BCUT2D eigenvalue weighted by Gasteiger charge is -2.15. The molecule has 0 radical (unpaired) electrons. The van der Waals surface area contributed by atoms with Gasteiger partial charge < -0.3 is 10.1 Å². The van der Waals surface area contributed by atoms with Crippen molar-refractivity contribution in [2.45, 2.75) is 13.0 Å². The highest BCUT2D eigenvalue weighted by Crippen LogP contribution is 2.21. The summed E-state index contributed by atoms with van der Waals surface area (Å²) >= 11 is 0. The van der Waals surface area contributed by atoms with Crippen molar-refractivity contribution in [3.63, 3.8) is 0 Å². The Morgan fingerprint density at radius 3 is 2.62 bits per heavy atom. The zero-order chi connectivity index (χ0) is 16.9. The summed E-state index contributed by atoms with van der Waals surface area (Å²) in [6, 6.07) is 22.5. The molecule has 0 heterocycles. The molecule has 3 rings (SSSR count). The lowest BCUT2D eigenvalue weighted by atomic mass is 10.1. The van der Waals surface area contributed by atoms with Crippen LogP contribution in [0.2, 0.25) is 0 Å². The van der Waals surface area contributed by atoms with E-state index in [4.69, 9.17) is 10.00 Å². The van der Waals surface area contributed by atoms with Gasteiger partial charge in [-0.1, -0.05) is 36.4 Å². The van der Waals surface area contributed by atoms with Crippen LogP contribution in [0.5, 0.6) is 5.75 Å². The number of carbonyl (C=O) groups is 1. The first-order valence-corrected chi connectivity index (χ1v) is 7.62.